The highest BCUT2D eigenvalue weighted by Crippen LogP contribution is 2.39. The van der Waals surface area contributed by atoms with Gasteiger partial charge in [0.2, 0.25) is 5.28 Å². The van der Waals surface area contributed by atoms with Crippen LogP contribution in [0.15, 0.2) is 30.3 Å². The molecule has 2 heterocycles. The maximum Gasteiger partial charge on any atom is 0.225 e. The molecule has 0 saturated carbocycles. The number of halogens is 1. The van der Waals surface area contributed by atoms with Gasteiger partial charge < -0.3 is 5.32 Å². The average molecular weight is 330 g/mol. The first-order valence-corrected chi connectivity index (χ1v) is 8.80. The maximum absolute atomic E-state index is 6.13. The van der Waals surface area contributed by atoms with Crippen molar-refractivity contribution < 1.29 is 0 Å². The summed E-state index contributed by atoms with van der Waals surface area (Å²) in [6, 6.07) is 10.1. The molecule has 0 fully saturated rings. The van der Waals surface area contributed by atoms with Crippen molar-refractivity contribution in [3.63, 3.8) is 0 Å². The number of nitrogens with zero attached hydrogens (tertiary/aromatic N) is 2. The largest absolute Gasteiger partial charge is 0.340 e. The van der Waals surface area contributed by atoms with Crippen LogP contribution in [0, 0.1) is 0 Å². The molecule has 0 atom stereocenters. The molecule has 1 N–H and O–H groups in total. The normalized spacial score (nSPS) is 14.6. The fourth-order valence-corrected chi connectivity index (χ4v) is 4.54. The Morgan fingerprint density at radius 2 is 1.82 bits per heavy atom. The summed E-state index contributed by atoms with van der Waals surface area (Å²) in [5.74, 6) is 0.834. The lowest BCUT2D eigenvalue weighted by Crippen LogP contribution is -1.97. The third-order valence-corrected chi connectivity index (χ3v) is 5.43. The smallest absolute Gasteiger partial charge is 0.225 e. The van der Waals surface area contributed by atoms with Crippen LogP contribution >= 0.6 is 22.9 Å². The molecular weight excluding hydrogens is 314 g/mol. The Morgan fingerprint density at radius 1 is 1.00 bits per heavy atom. The highest BCUT2D eigenvalue weighted by molar-refractivity contribution is 7.19. The van der Waals surface area contributed by atoms with Crippen LogP contribution in [0.2, 0.25) is 5.28 Å². The molecule has 0 aliphatic heterocycles. The summed E-state index contributed by atoms with van der Waals surface area (Å²) in [4.78, 5) is 11.4. The Labute approximate surface area is 138 Å². The molecular formula is C17H16ClN3S. The van der Waals surface area contributed by atoms with E-state index in [-0.39, 0.29) is 0 Å². The zero-order valence-electron chi connectivity index (χ0n) is 12.1. The number of benzene rings is 1. The molecule has 22 heavy (non-hydrogen) atoms. The number of hydrogen-bond donors (Lipinski definition) is 1. The standard InChI is InChI=1S/C17H16ClN3S/c18-17-20-15(19-11-7-3-1-4-8-11)14-12-9-5-2-6-10-13(12)22-16(14)21-17/h1,3-4,7-8H,2,5-6,9-10H2,(H,19,20,21). The van der Waals surface area contributed by atoms with E-state index in [9.17, 15) is 0 Å². The van der Waals surface area contributed by atoms with Gasteiger partial charge in [-0.05, 0) is 55.0 Å². The summed E-state index contributed by atoms with van der Waals surface area (Å²) in [6.07, 6.45) is 6.08. The molecule has 1 aromatic carbocycles. The Morgan fingerprint density at radius 3 is 2.68 bits per heavy atom. The highest BCUT2D eigenvalue weighted by Gasteiger charge is 2.20. The molecule has 5 heteroatoms. The van der Waals surface area contributed by atoms with Gasteiger partial charge in [0.25, 0.3) is 0 Å². The van der Waals surface area contributed by atoms with Crippen LogP contribution in [0.4, 0.5) is 11.5 Å². The topological polar surface area (TPSA) is 37.8 Å². The first-order valence-electron chi connectivity index (χ1n) is 7.61. The van der Waals surface area contributed by atoms with Crippen molar-refractivity contribution in [2.75, 3.05) is 5.32 Å². The molecule has 0 radical (unpaired) electrons. The molecule has 0 spiro atoms. The molecule has 0 saturated heterocycles. The van der Waals surface area contributed by atoms with E-state index in [2.05, 4.69) is 15.3 Å². The molecule has 3 nitrogen and oxygen atoms in total. The van der Waals surface area contributed by atoms with Gasteiger partial charge in [-0.1, -0.05) is 24.6 Å². The first kappa shape index (κ1) is 14.0. The second kappa shape index (κ2) is 5.86. The van der Waals surface area contributed by atoms with Crippen molar-refractivity contribution in [2.45, 2.75) is 32.1 Å². The number of aromatic nitrogens is 2. The summed E-state index contributed by atoms with van der Waals surface area (Å²) in [6.45, 7) is 0. The predicted octanol–water partition coefficient (Wildman–Crippen LogP) is 5.36. The monoisotopic (exact) mass is 329 g/mol. The van der Waals surface area contributed by atoms with E-state index in [1.807, 2.05) is 30.3 Å². The molecule has 1 aliphatic rings. The Balaban J connectivity index is 1.87. The molecule has 112 valence electrons. The number of fused-ring (bicyclic) bond motifs is 3. The molecule has 0 bridgehead atoms. The van der Waals surface area contributed by atoms with Crippen LogP contribution in [-0.4, -0.2) is 9.97 Å². The zero-order chi connectivity index (χ0) is 14.9. The van der Waals surface area contributed by atoms with Crippen LogP contribution < -0.4 is 5.32 Å². The van der Waals surface area contributed by atoms with Crippen molar-refractivity contribution in [1.82, 2.24) is 9.97 Å². The van der Waals surface area contributed by atoms with E-state index >= 15 is 0 Å². The summed E-state index contributed by atoms with van der Waals surface area (Å²) in [7, 11) is 0. The van der Waals surface area contributed by atoms with Crippen LogP contribution in [0.3, 0.4) is 0 Å². The first-order chi connectivity index (χ1) is 10.8. The van der Waals surface area contributed by atoms with Crippen molar-refractivity contribution in [3.8, 4) is 0 Å². The van der Waals surface area contributed by atoms with Gasteiger partial charge in [0.15, 0.2) is 0 Å². The molecule has 0 amide bonds. The minimum Gasteiger partial charge on any atom is -0.340 e. The molecule has 4 rings (SSSR count). The van der Waals surface area contributed by atoms with Crippen molar-refractivity contribution in [1.29, 1.82) is 0 Å². The number of para-hydroxylation sites is 1. The van der Waals surface area contributed by atoms with Crippen LogP contribution in [0.5, 0.6) is 0 Å². The third kappa shape index (κ3) is 2.57. The van der Waals surface area contributed by atoms with E-state index in [1.165, 1.54) is 29.7 Å². The number of thiophene rings is 1. The van der Waals surface area contributed by atoms with E-state index < -0.39 is 0 Å². The highest BCUT2D eigenvalue weighted by atomic mass is 35.5. The molecule has 2 aromatic heterocycles. The summed E-state index contributed by atoms with van der Waals surface area (Å²) in [5, 5.41) is 4.89. The summed E-state index contributed by atoms with van der Waals surface area (Å²) >= 11 is 7.91. The maximum atomic E-state index is 6.13. The van der Waals surface area contributed by atoms with E-state index in [4.69, 9.17) is 11.6 Å². The number of hydrogen-bond acceptors (Lipinski definition) is 4. The van der Waals surface area contributed by atoms with Crippen molar-refractivity contribution >= 4 is 44.7 Å². The lowest BCUT2D eigenvalue weighted by atomic mass is 10.1. The minimum absolute atomic E-state index is 0.308. The van der Waals surface area contributed by atoms with Gasteiger partial charge in [0, 0.05) is 10.6 Å². The van der Waals surface area contributed by atoms with E-state index in [0.717, 1.165) is 34.6 Å². The lowest BCUT2D eigenvalue weighted by molar-refractivity contribution is 0.713. The second-order valence-electron chi connectivity index (χ2n) is 5.58. The number of rotatable bonds is 2. The van der Waals surface area contributed by atoms with Crippen LogP contribution in [0.1, 0.15) is 29.7 Å². The zero-order valence-corrected chi connectivity index (χ0v) is 13.7. The molecule has 1 aliphatic carbocycles. The van der Waals surface area contributed by atoms with E-state index in [1.54, 1.807) is 11.3 Å². The SMILES string of the molecule is Clc1nc(Nc2ccccc2)c2c3c(sc2n1)CCCCC3. The Kier molecular flexibility index (Phi) is 3.72. The summed E-state index contributed by atoms with van der Waals surface area (Å²) in [5.41, 5.74) is 2.44. The minimum atomic E-state index is 0.308. The number of anilines is 2. The van der Waals surface area contributed by atoms with Crippen molar-refractivity contribution in [2.24, 2.45) is 0 Å². The quantitative estimate of drug-likeness (QED) is 0.508. The summed E-state index contributed by atoms with van der Waals surface area (Å²) < 4.78 is 0. The lowest BCUT2D eigenvalue weighted by Gasteiger charge is -2.09. The Bertz CT molecular complexity index is 814. The predicted molar refractivity (Wildman–Crippen MR) is 93.4 cm³/mol. The number of nitrogens with one attached hydrogen (secondary N) is 1. The van der Waals surface area contributed by atoms with Gasteiger partial charge in [-0.15, -0.1) is 11.3 Å². The van der Waals surface area contributed by atoms with Gasteiger partial charge in [0.1, 0.15) is 10.6 Å². The van der Waals surface area contributed by atoms with Gasteiger partial charge in [-0.25, -0.2) is 4.98 Å². The van der Waals surface area contributed by atoms with Gasteiger partial charge in [-0.3, -0.25) is 0 Å². The average Bonchev–Trinajstić information content (AvgIpc) is 2.70. The Hall–Kier alpha value is -1.65. The fourth-order valence-electron chi connectivity index (χ4n) is 3.06. The fraction of sp³-hybridized carbons (Fsp3) is 0.294. The second-order valence-corrected chi connectivity index (χ2v) is 7.00. The van der Waals surface area contributed by atoms with Gasteiger partial charge >= 0.3 is 0 Å². The number of aryl methyl sites for hydroxylation is 2. The molecule has 3 aromatic rings. The molecule has 0 unspecified atom stereocenters. The van der Waals surface area contributed by atoms with Crippen LogP contribution in [-0.2, 0) is 12.8 Å². The van der Waals surface area contributed by atoms with Gasteiger partial charge in [-0.2, -0.15) is 4.98 Å². The van der Waals surface area contributed by atoms with Gasteiger partial charge in [0.05, 0.1) is 5.39 Å². The van der Waals surface area contributed by atoms with Crippen molar-refractivity contribution in [3.05, 3.63) is 46.1 Å². The third-order valence-electron chi connectivity index (χ3n) is 4.07. The van der Waals surface area contributed by atoms with E-state index in [0.29, 0.717) is 5.28 Å². The van der Waals surface area contributed by atoms with Crippen LogP contribution in [0.25, 0.3) is 10.2 Å².